The third kappa shape index (κ3) is 3.60. The van der Waals surface area contributed by atoms with Crippen LogP contribution in [0, 0.1) is 11.3 Å². The van der Waals surface area contributed by atoms with Crippen molar-refractivity contribution in [3.05, 3.63) is 53.7 Å². The lowest BCUT2D eigenvalue weighted by atomic mass is 9.99. The molecule has 0 radical (unpaired) electrons. The van der Waals surface area contributed by atoms with Gasteiger partial charge in [-0.2, -0.15) is 5.26 Å². The summed E-state index contributed by atoms with van der Waals surface area (Å²) in [5.41, 5.74) is 2.96. The van der Waals surface area contributed by atoms with E-state index >= 15 is 0 Å². The number of hydrogen-bond donors (Lipinski definition) is 1. The number of halogens is 1. The highest BCUT2D eigenvalue weighted by Crippen LogP contribution is 2.39. The summed E-state index contributed by atoms with van der Waals surface area (Å²) in [5.74, 6) is 0.625. The summed E-state index contributed by atoms with van der Waals surface area (Å²) in [7, 11) is -3.34. The summed E-state index contributed by atoms with van der Waals surface area (Å²) in [5, 5.41) is 10.9. The lowest BCUT2D eigenvalue weighted by Crippen LogP contribution is -2.03. The zero-order chi connectivity index (χ0) is 21.3. The Labute approximate surface area is 179 Å². The van der Waals surface area contributed by atoms with Crippen LogP contribution in [0.15, 0.2) is 53.6 Å². The monoisotopic (exact) mass is 439 g/mol. The van der Waals surface area contributed by atoms with Gasteiger partial charge in [0.25, 0.3) is 0 Å². The highest BCUT2D eigenvalue weighted by Gasteiger charge is 2.18. The lowest BCUT2D eigenvalue weighted by Gasteiger charge is -2.11. The van der Waals surface area contributed by atoms with Crippen LogP contribution in [0.5, 0.6) is 5.75 Å². The molecule has 8 heteroatoms. The fourth-order valence-electron chi connectivity index (χ4n) is 3.43. The van der Waals surface area contributed by atoms with E-state index in [1.54, 1.807) is 31.3 Å². The average Bonchev–Trinajstić information content (AvgIpc) is 3.13. The van der Waals surface area contributed by atoms with Crippen LogP contribution in [0.3, 0.4) is 0 Å². The van der Waals surface area contributed by atoms with Crippen LogP contribution < -0.4 is 4.74 Å². The fourth-order valence-corrected chi connectivity index (χ4v) is 4.51. The Morgan fingerprint density at radius 3 is 2.83 bits per heavy atom. The van der Waals surface area contributed by atoms with Gasteiger partial charge in [0.2, 0.25) is 0 Å². The van der Waals surface area contributed by atoms with Gasteiger partial charge in [0, 0.05) is 17.0 Å². The molecule has 4 aromatic rings. The van der Waals surface area contributed by atoms with Crippen molar-refractivity contribution >= 4 is 43.4 Å². The Hall–Kier alpha value is -3.08. The van der Waals surface area contributed by atoms with Gasteiger partial charge in [-0.1, -0.05) is 30.7 Å². The van der Waals surface area contributed by atoms with Gasteiger partial charge < -0.3 is 9.72 Å². The van der Waals surface area contributed by atoms with Gasteiger partial charge in [0.15, 0.2) is 9.84 Å². The highest BCUT2D eigenvalue weighted by atomic mass is 35.5. The van der Waals surface area contributed by atoms with Crippen LogP contribution in [0.1, 0.15) is 13.3 Å². The van der Waals surface area contributed by atoms with Gasteiger partial charge in [0.1, 0.15) is 18.0 Å². The van der Waals surface area contributed by atoms with Crippen molar-refractivity contribution in [3.8, 4) is 22.9 Å². The number of hydrogen-bond acceptors (Lipinski definition) is 5. The van der Waals surface area contributed by atoms with Crippen molar-refractivity contribution in [1.82, 2.24) is 9.97 Å². The van der Waals surface area contributed by atoms with Crippen LogP contribution in [0.25, 0.3) is 33.1 Å². The van der Waals surface area contributed by atoms with E-state index in [2.05, 4.69) is 16.0 Å². The standard InChI is InChI=1S/C22H18ClN3O3S/c1-2-30(27,28)16-6-3-5-14(11-16)17-7-8-19(29-10-4-9-24)21-20(17)18-12-15(23)13-25-22(18)26-21/h3,5-8,11-13H,2,4,10H2,1H3,(H,25,26). The van der Waals surface area contributed by atoms with E-state index in [4.69, 9.17) is 21.6 Å². The van der Waals surface area contributed by atoms with Crippen LogP contribution in [0.2, 0.25) is 5.02 Å². The molecule has 0 atom stereocenters. The van der Waals surface area contributed by atoms with Gasteiger partial charge in [-0.15, -0.1) is 0 Å². The molecule has 6 nitrogen and oxygen atoms in total. The molecule has 2 heterocycles. The number of H-pyrrole nitrogens is 1. The van der Waals surface area contributed by atoms with Crippen molar-refractivity contribution in [3.63, 3.8) is 0 Å². The smallest absolute Gasteiger partial charge is 0.178 e. The molecule has 0 bridgehead atoms. The number of pyridine rings is 1. The second-order valence-corrected chi connectivity index (χ2v) is 9.44. The number of fused-ring (bicyclic) bond motifs is 3. The molecule has 1 N–H and O–H groups in total. The maximum atomic E-state index is 12.4. The molecule has 2 aromatic heterocycles. The Balaban J connectivity index is 1.98. The Bertz CT molecular complexity index is 1400. The molecule has 2 aromatic carbocycles. The first-order valence-corrected chi connectivity index (χ1v) is 11.4. The van der Waals surface area contributed by atoms with Crippen LogP contribution in [-0.2, 0) is 9.84 Å². The molecular weight excluding hydrogens is 422 g/mol. The van der Waals surface area contributed by atoms with Crippen molar-refractivity contribution in [2.24, 2.45) is 0 Å². The number of sulfone groups is 1. The van der Waals surface area contributed by atoms with E-state index in [0.29, 0.717) is 16.4 Å². The van der Waals surface area contributed by atoms with Gasteiger partial charge in [-0.3, -0.25) is 0 Å². The SMILES string of the molecule is CCS(=O)(=O)c1cccc(-c2ccc(OCCC#N)c3[nH]c4ncc(Cl)cc4c23)c1. The zero-order valence-corrected chi connectivity index (χ0v) is 17.7. The van der Waals surface area contributed by atoms with Crippen LogP contribution in [0.4, 0.5) is 0 Å². The third-order valence-corrected chi connectivity index (χ3v) is 6.83. The summed E-state index contributed by atoms with van der Waals surface area (Å²) in [6.45, 7) is 1.89. The Morgan fingerprint density at radius 2 is 2.07 bits per heavy atom. The van der Waals surface area contributed by atoms with E-state index in [-0.39, 0.29) is 23.7 Å². The average molecular weight is 440 g/mol. The van der Waals surface area contributed by atoms with Crippen LogP contribution >= 0.6 is 11.6 Å². The van der Waals surface area contributed by atoms with Gasteiger partial charge in [-0.05, 0) is 41.5 Å². The molecule has 0 aliphatic heterocycles. The van der Waals surface area contributed by atoms with Crippen molar-refractivity contribution in [2.75, 3.05) is 12.4 Å². The molecule has 0 saturated carbocycles. The summed E-state index contributed by atoms with van der Waals surface area (Å²) < 4.78 is 30.5. The maximum Gasteiger partial charge on any atom is 0.178 e. The second kappa shape index (κ2) is 7.98. The minimum Gasteiger partial charge on any atom is -0.490 e. The van der Waals surface area contributed by atoms with Crippen molar-refractivity contribution in [1.29, 1.82) is 5.26 Å². The number of rotatable bonds is 6. The number of nitrogens with zero attached hydrogens (tertiary/aromatic N) is 2. The minimum absolute atomic E-state index is 0.0319. The highest BCUT2D eigenvalue weighted by molar-refractivity contribution is 7.91. The molecule has 0 saturated heterocycles. The molecule has 0 aliphatic carbocycles. The van der Waals surface area contributed by atoms with E-state index in [1.807, 2.05) is 24.3 Å². The summed E-state index contributed by atoms with van der Waals surface area (Å²) >= 11 is 6.20. The molecule has 30 heavy (non-hydrogen) atoms. The molecule has 0 fully saturated rings. The van der Waals surface area contributed by atoms with E-state index < -0.39 is 9.84 Å². The summed E-state index contributed by atoms with van der Waals surface area (Å²) in [4.78, 5) is 7.92. The first kappa shape index (κ1) is 20.2. The number of aromatic amines is 1. The predicted molar refractivity (Wildman–Crippen MR) is 117 cm³/mol. The molecule has 4 rings (SSSR count). The third-order valence-electron chi connectivity index (χ3n) is 4.89. The maximum absolute atomic E-state index is 12.4. The molecule has 0 amide bonds. The Kier molecular flexibility index (Phi) is 5.37. The largest absolute Gasteiger partial charge is 0.490 e. The predicted octanol–water partition coefficient (Wildman–Crippen LogP) is 5.12. The molecule has 0 unspecified atom stereocenters. The van der Waals surface area contributed by atoms with Crippen molar-refractivity contribution < 1.29 is 13.2 Å². The number of ether oxygens (including phenoxy) is 1. The lowest BCUT2D eigenvalue weighted by molar-refractivity contribution is 0.330. The normalized spacial score (nSPS) is 11.6. The van der Waals surface area contributed by atoms with E-state index in [1.165, 1.54) is 0 Å². The first-order chi connectivity index (χ1) is 14.4. The Morgan fingerprint density at radius 1 is 1.23 bits per heavy atom. The van der Waals surface area contributed by atoms with Gasteiger partial charge in [0.05, 0.1) is 33.7 Å². The fraction of sp³-hybridized carbons (Fsp3) is 0.182. The molecular formula is C22H18ClN3O3S. The van der Waals surface area contributed by atoms with Crippen molar-refractivity contribution in [2.45, 2.75) is 18.2 Å². The number of nitriles is 1. The van der Waals surface area contributed by atoms with Crippen LogP contribution in [-0.4, -0.2) is 30.7 Å². The zero-order valence-electron chi connectivity index (χ0n) is 16.1. The van der Waals surface area contributed by atoms with E-state index in [0.717, 1.165) is 27.4 Å². The molecule has 152 valence electrons. The quantitative estimate of drug-likeness (QED) is 0.420. The summed E-state index contributed by atoms with van der Waals surface area (Å²) in [6, 6.07) is 14.5. The van der Waals surface area contributed by atoms with Gasteiger partial charge >= 0.3 is 0 Å². The molecule has 0 spiro atoms. The minimum atomic E-state index is -3.34. The number of nitrogens with one attached hydrogen (secondary N) is 1. The first-order valence-electron chi connectivity index (χ1n) is 9.37. The number of aromatic nitrogens is 2. The van der Waals surface area contributed by atoms with E-state index in [9.17, 15) is 8.42 Å². The second-order valence-electron chi connectivity index (χ2n) is 6.72. The van der Waals surface area contributed by atoms with Gasteiger partial charge in [-0.25, -0.2) is 13.4 Å². The molecule has 0 aliphatic rings. The topological polar surface area (TPSA) is 95.8 Å². The number of benzene rings is 2. The summed E-state index contributed by atoms with van der Waals surface area (Å²) in [6.07, 6.45) is 1.83.